The summed E-state index contributed by atoms with van der Waals surface area (Å²) in [5.41, 5.74) is 4.09. The van der Waals surface area contributed by atoms with E-state index in [-0.39, 0.29) is 5.69 Å². The first-order valence-corrected chi connectivity index (χ1v) is 14.9. The van der Waals surface area contributed by atoms with Crippen LogP contribution in [-0.4, -0.2) is 33.4 Å². The highest BCUT2D eigenvalue weighted by Gasteiger charge is 2.34. The highest BCUT2D eigenvalue weighted by Crippen LogP contribution is 2.31. The fourth-order valence-corrected chi connectivity index (χ4v) is 5.29. The molecule has 0 spiro atoms. The number of rotatable bonds is 9. The third-order valence-corrected chi connectivity index (χ3v) is 7.41. The van der Waals surface area contributed by atoms with Crippen molar-refractivity contribution >= 4 is 17.7 Å². The van der Waals surface area contributed by atoms with Crippen molar-refractivity contribution in [3.05, 3.63) is 144 Å². The number of hydrogen-bond acceptors (Lipinski definition) is 4. The molecule has 0 bridgehead atoms. The van der Waals surface area contributed by atoms with Crippen LogP contribution in [0.5, 0.6) is 0 Å². The Morgan fingerprint density at radius 2 is 1.42 bits per heavy atom. The molecule has 2 N–H and O–H groups in total. The molecule has 45 heavy (non-hydrogen) atoms. The molecule has 1 aromatic heterocycles. The largest absolute Gasteiger partial charge is 0.444 e. The number of nitrogens with one attached hydrogen (secondary N) is 2. The van der Waals surface area contributed by atoms with Crippen LogP contribution in [0.15, 0.2) is 115 Å². The van der Waals surface area contributed by atoms with Gasteiger partial charge in [0.05, 0.1) is 12.7 Å². The first-order chi connectivity index (χ1) is 21.6. The number of ether oxygens (including phenoxy) is 1. The second-order valence-corrected chi connectivity index (χ2v) is 11.9. The average molecular weight is 605 g/mol. The van der Waals surface area contributed by atoms with Gasteiger partial charge in [0.25, 0.3) is 0 Å². The number of nitrogens with zero attached hydrogens (tertiary/aromatic N) is 2. The van der Waals surface area contributed by atoms with Gasteiger partial charge in [0.15, 0.2) is 0 Å². The zero-order valence-electron chi connectivity index (χ0n) is 25.8. The number of benzene rings is 4. The molecule has 0 aliphatic heterocycles. The Kier molecular flexibility index (Phi) is 9.42. The van der Waals surface area contributed by atoms with E-state index in [1.54, 1.807) is 39.1 Å². The Labute approximate surface area is 263 Å². The van der Waals surface area contributed by atoms with Crippen LogP contribution in [-0.2, 0) is 16.1 Å². The summed E-state index contributed by atoms with van der Waals surface area (Å²) in [5, 5.41) is 10.1. The standard InChI is InChI=1S/C37H37FN4O3/c1-25-31(23-39-42(25)24-26-14-8-5-9-15-26)30-21-20-29(22-32(30)38)40-35(43)34(41-36(44)45-37(2,3)4)33(27-16-10-6-11-17-27)28-18-12-7-13-19-28/h5-23,33-34H,24H2,1-4H3,(H,40,43)(H,41,44)/t34-/m0/s1. The van der Waals surface area contributed by atoms with E-state index in [0.717, 1.165) is 22.4 Å². The predicted molar refractivity (Wildman–Crippen MR) is 174 cm³/mol. The van der Waals surface area contributed by atoms with E-state index in [4.69, 9.17) is 4.74 Å². The van der Waals surface area contributed by atoms with E-state index in [9.17, 15) is 9.59 Å². The lowest BCUT2D eigenvalue weighted by molar-refractivity contribution is -0.118. The van der Waals surface area contributed by atoms with E-state index in [2.05, 4.69) is 15.7 Å². The van der Waals surface area contributed by atoms with Crippen molar-refractivity contribution < 1.29 is 18.7 Å². The second-order valence-electron chi connectivity index (χ2n) is 11.9. The van der Waals surface area contributed by atoms with Gasteiger partial charge in [-0.1, -0.05) is 91.0 Å². The molecule has 0 aliphatic carbocycles. The number of anilines is 1. The third-order valence-electron chi connectivity index (χ3n) is 7.41. The monoisotopic (exact) mass is 604 g/mol. The number of carbonyl (C=O) groups excluding carboxylic acids is 2. The minimum absolute atomic E-state index is 0.256. The van der Waals surface area contributed by atoms with Crippen molar-refractivity contribution in [3.63, 3.8) is 0 Å². The van der Waals surface area contributed by atoms with E-state index < -0.39 is 35.4 Å². The van der Waals surface area contributed by atoms with Gasteiger partial charge in [0.1, 0.15) is 17.5 Å². The van der Waals surface area contributed by atoms with Crippen LogP contribution < -0.4 is 10.6 Å². The number of carbonyl (C=O) groups is 2. The summed E-state index contributed by atoms with van der Waals surface area (Å²) in [5.74, 6) is -1.57. The summed E-state index contributed by atoms with van der Waals surface area (Å²) in [4.78, 5) is 27.0. The van der Waals surface area contributed by atoms with Crippen molar-refractivity contribution in [1.29, 1.82) is 0 Å². The number of hydrogen-bond donors (Lipinski definition) is 2. The van der Waals surface area contributed by atoms with Crippen molar-refractivity contribution in [3.8, 4) is 11.1 Å². The topological polar surface area (TPSA) is 85.2 Å². The lowest BCUT2D eigenvalue weighted by atomic mass is 9.84. The van der Waals surface area contributed by atoms with Gasteiger partial charge in [-0.15, -0.1) is 0 Å². The van der Waals surface area contributed by atoms with Crippen LogP contribution >= 0.6 is 0 Å². The number of alkyl carbamates (subject to hydrolysis) is 1. The fraction of sp³-hybridized carbons (Fsp3) is 0.216. The maximum atomic E-state index is 15.6. The average Bonchev–Trinajstić information content (AvgIpc) is 3.36. The van der Waals surface area contributed by atoms with Crippen molar-refractivity contribution in [2.45, 2.75) is 51.8 Å². The van der Waals surface area contributed by atoms with Crippen molar-refractivity contribution in [2.75, 3.05) is 5.32 Å². The van der Waals surface area contributed by atoms with Crippen LogP contribution in [0.4, 0.5) is 14.9 Å². The maximum Gasteiger partial charge on any atom is 0.408 e. The van der Waals surface area contributed by atoms with Crippen LogP contribution in [0.3, 0.4) is 0 Å². The quantitative estimate of drug-likeness (QED) is 0.181. The van der Waals surface area contributed by atoms with Gasteiger partial charge in [0.2, 0.25) is 5.91 Å². The predicted octanol–water partition coefficient (Wildman–Crippen LogP) is 7.71. The molecule has 0 aliphatic rings. The second kappa shape index (κ2) is 13.6. The number of aromatic nitrogens is 2. The van der Waals surface area contributed by atoms with Gasteiger partial charge in [-0.05, 0) is 62.6 Å². The first-order valence-electron chi connectivity index (χ1n) is 14.9. The summed E-state index contributed by atoms with van der Waals surface area (Å²) in [7, 11) is 0. The molecule has 0 saturated heterocycles. The highest BCUT2D eigenvalue weighted by molar-refractivity contribution is 5.98. The van der Waals surface area contributed by atoms with Crippen molar-refractivity contribution in [2.24, 2.45) is 0 Å². The Morgan fingerprint density at radius 3 is 1.98 bits per heavy atom. The number of amides is 2. The summed E-state index contributed by atoms with van der Waals surface area (Å²) in [6.07, 6.45) is 0.920. The lowest BCUT2D eigenvalue weighted by Gasteiger charge is -2.29. The van der Waals surface area contributed by atoms with Crippen LogP contribution in [0, 0.1) is 12.7 Å². The normalized spacial score (nSPS) is 12.0. The molecule has 1 heterocycles. The van der Waals surface area contributed by atoms with E-state index in [1.165, 1.54) is 6.07 Å². The molecule has 5 aromatic rings. The molecule has 0 saturated carbocycles. The molecule has 0 radical (unpaired) electrons. The minimum Gasteiger partial charge on any atom is -0.444 e. The van der Waals surface area contributed by atoms with Crippen LogP contribution in [0.1, 0.15) is 49.1 Å². The van der Waals surface area contributed by atoms with Crippen LogP contribution in [0.25, 0.3) is 11.1 Å². The Balaban J connectivity index is 1.43. The van der Waals surface area contributed by atoms with Gasteiger partial charge in [-0.2, -0.15) is 5.10 Å². The molecule has 0 fully saturated rings. The van der Waals surface area contributed by atoms with E-state index in [0.29, 0.717) is 17.7 Å². The third kappa shape index (κ3) is 7.84. The molecule has 1 atom stereocenters. The van der Waals surface area contributed by atoms with Gasteiger partial charge < -0.3 is 15.4 Å². The van der Waals surface area contributed by atoms with E-state index in [1.807, 2.05) is 103 Å². The van der Waals surface area contributed by atoms with Crippen LogP contribution in [0.2, 0.25) is 0 Å². The Bertz CT molecular complexity index is 1710. The zero-order valence-corrected chi connectivity index (χ0v) is 25.8. The summed E-state index contributed by atoms with van der Waals surface area (Å²) in [6, 6.07) is 32.3. The van der Waals surface area contributed by atoms with Gasteiger partial charge in [0, 0.05) is 28.4 Å². The maximum absolute atomic E-state index is 15.6. The molecule has 230 valence electrons. The summed E-state index contributed by atoms with van der Waals surface area (Å²) < 4.78 is 23.0. The summed E-state index contributed by atoms with van der Waals surface area (Å²) >= 11 is 0. The van der Waals surface area contributed by atoms with Gasteiger partial charge >= 0.3 is 6.09 Å². The molecular weight excluding hydrogens is 567 g/mol. The fourth-order valence-electron chi connectivity index (χ4n) is 5.29. The van der Waals surface area contributed by atoms with Crippen molar-refractivity contribution in [1.82, 2.24) is 15.1 Å². The Morgan fingerprint density at radius 1 is 0.844 bits per heavy atom. The molecule has 7 nitrogen and oxygen atoms in total. The molecular formula is C37H37FN4O3. The minimum atomic E-state index is -1.08. The molecule has 4 aromatic carbocycles. The summed E-state index contributed by atoms with van der Waals surface area (Å²) in [6.45, 7) is 7.74. The smallest absolute Gasteiger partial charge is 0.408 e. The Hall–Kier alpha value is -5.24. The first kappa shape index (κ1) is 31.2. The molecule has 0 unspecified atom stereocenters. The molecule has 2 amide bonds. The zero-order chi connectivity index (χ0) is 32.0. The molecule has 5 rings (SSSR count). The SMILES string of the molecule is Cc1c(-c2ccc(NC(=O)[C@@H](NC(=O)OC(C)(C)C)C(c3ccccc3)c3ccccc3)cc2F)cnn1Cc1ccccc1. The van der Waals surface area contributed by atoms with Gasteiger partial charge in [-0.25, -0.2) is 9.18 Å². The van der Waals surface area contributed by atoms with Gasteiger partial charge in [-0.3, -0.25) is 9.48 Å². The highest BCUT2D eigenvalue weighted by atomic mass is 19.1. The molecule has 8 heteroatoms. The van der Waals surface area contributed by atoms with E-state index >= 15 is 4.39 Å². The number of halogens is 1. The lowest BCUT2D eigenvalue weighted by Crippen LogP contribution is -2.49.